The Morgan fingerprint density at radius 2 is 2.19 bits per heavy atom. The Morgan fingerprint density at radius 3 is 2.81 bits per heavy atom. The summed E-state index contributed by atoms with van der Waals surface area (Å²) >= 11 is 1.42. The van der Waals surface area contributed by atoms with Crippen LogP contribution < -0.4 is 5.32 Å². The van der Waals surface area contributed by atoms with Crippen LogP contribution in [-0.2, 0) is 22.5 Å². The zero-order valence-electron chi connectivity index (χ0n) is 8.83. The molecule has 0 aliphatic carbocycles. The quantitative estimate of drug-likeness (QED) is 0.781. The molecule has 0 aliphatic heterocycles. The predicted molar refractivity (Wildman–Crippen MR) is 57.7 cm³/mol. The molecule has 1 aromatic heterocycles. The van der Waals surface area contributed by atoms with Crippen molar-refractivity contribution in [1.29, 1.82) is 0 Å². The van der Waals surface area contributed by atoms with Gasteiger partial charge in [-0.3, -0.25) is 4.79 Å². The molecule has 1 aromatic rings. The molecule has 1 N–H and O–H groups in total. The number of ether oxygens (including phenoxy) is 1. The summed E-state index contributed by atoms with van der Waals surface area (Å²) in [6, 6.07) is 3.63. The summed E-state index contributed by atoms with van der Waals surface area (Å²) in [5.74, 6) is -0.297. The minimum atomic E-state index is -2.34. The third-order valence-corrected chi connectivity index (χ3v) is 2.95. The summed E-state index contributed by atoms with van der Waals surface area (Å²) < 4.78 is 28.2. The van der Waals surface area contributed by atoms with E-state index in [0.29, 0.717) is 6.54 Å². The van der Waals surface area contributed by atoms with Crippen molar-refractivity contribution in [1.82, 2.24) is 5.32 Å². The fraction of sp³-hybridized carbons (Fsp3) is 0.500. The molecule has 16 heavy (non-hydrogen) atoms. The maximum atomic E-state index is 11.8. The summed E-state index contributed by atoms with van der Waals surface area (Å²) in [4.78, 5) is 12.8. The number of carbonyl (C=O) groups excluding carboxylic acids is 1. The lowest BCUT2D eigenvalue weighted by Gasteiger charge is -2.00. The molecule has 1 rings (SSSR count). The first-order valence-corrected chi connectivity index (χ1v) is 5.56. The first-order chi connectivity index (χ1) is 7.61. The molecule has 0 spiro atoms. The summed E-state index contributed by atoms with van der Waals surface area (Å²) in [6.45, 7) is 0.0837. The van der Waals surface area contributed by atoms with E-state index >= 15 is 0 Å². The van der Waals surface area contributed by atoms with Gasteiger partial charge >= 0.3 is 5.97 Å². The molecular formula is C10H13F2NO2S. The highest BCUT2D eigenvalue weighted by Gasteiger charge is 2.07. The van der Waals surface area contributed by atoms with Gasteiger partial charge in [-0.1, -0.05) is 0 Å². The van der Waals surface area contributed by atoms with Crippen LogP contribution in [-0.4, -0.2) is 26.0 Å². The van der Waals surface area contributed by atoms with Crippen LogP contribution in [0.15, 0.2) is 12.1 Å². The second-order valence-electron chi connectivity index (χ2n) is 3.14. The largest absolute Gasteiger partial charge is 0.469 e. The lowest BCUT2D eigenvalue weighted by atomic mass is 10.3. The minimum absolute atomic E-state index is 0.232. The van der Waals surface area contributed by atoms with Crippen molar-refractivity contribution >= 4 is 17.3 Å². The Hall–Kier alpha value is -1.01. The minimum Gasteiger partial charge on any atom is -0.469 e. The number of methoxy groups -OCH3 is 1. The summed E-state index contributed by atoms with van der Waals surface area (Å²) in [5.41, 5.74) is 0. The molecule has 0 radical (unpaired) electrons. The van der Waals surface area contributed by atoms with E-state index in [-0.39, 0.29) is 18.9 Å². The van der Waals surface area contributed by atoms with Gasteiger partial charge in [0.2, 0.25) is 0 Å². The molecule has 0 fully saturated rings. The molecule has 90 valence electrons. The molecular weight excluding hydrogens is 236 g/mol. The van der Waals surface area contributed by atoms with Crippen molar-refractivity contribution in [3.05, 3.63) is 21.9 Å². The van der Waals surface area contributed by atoms with Crippen LogP contribution in [0.5, 0.6) is 0 Å². The van der Waals surface area contributed by atoms with Crippen LogP contribution in [0.3, 0.4) is 0 Å². The van der Waals surface area contributed by atoms with Gasteiger partial charge in [0.25, 0.3) is 6.43 Å². The SMILES string of the molecule is COC(=O)Cc1ccc(CNCC(F)F)s1. The molecule has 0 atom stereocenters. The Morgan fingerprint density at radius 1 is 1.50 bits per heavy atom. The average Bonchev–Trinajstić information content (AvgIpc) is 2.65. The summed E-state index contributed by atoms with van der Waals surface area (Å²) in [5, 5.41) is 2.63. The van der Waals surface area contributed by atoms with Crippen molar-refractivity contribution in [3.63, 3.8) is 0 Å². The van der Waals surface area contributed by atoms with Crippen molar-refractivity contribution in [2.24, 2.45) is 0 Å². The van der Waals surface area contributed by atoms with Crippen molar-refractivity contribution < 1.29 is 18.3 Å². The van der Waals surface area contributed by atoms with E-state index in [0.717, 1.165) is 9.75 Å². The number of hydrogen-bond acceptors (Lipinski definition) is 4. The first kappa shape index (κ1) is 13.1. The van der Waals surface area contributed by atoms with E-state index in [9.17, 15) is 13.6 Å². The Kier molecular flexibility index (Phi) is 5.34. The number of alkyl halides is 2. The monoisotopic (exact) mass is 249 g/mol. The molecule has 0 bridgehead atoms. The van der Waals surface area contributed by atoms with Crippen molar-refractivity contribution in [2.45, 2.75) is 19.4 Å². The molecule has 0 amide bonds. The van der Waals surface area contributed by atoms with E-state index < -0.39 is 6.43 Å². The van der Waals surface area contributed by atoms with Gasteiger partial charge in [0.1, 0.15) is 0 Å². The topological polar surface area (TPSA) is 38.3 Å². The molecule has 6 heteroatoms. The Balaban J connectivity index is 2.36. The number of nitrogens with one attached hydrogen (secondary N) is 1. The Bertz CT molecular complexity index is 341. The summed E-state index contributed by atoms with van der Waals surface area (Å²) in [6.07, 6.45) is -2.11. The third-order valence-electron chi connectivity index (χ3n) is 1.86. The van der Waals surface area contributed by atoms with Crippen LogP contribution in [0.25, 0.3) is 0 Å². The second-order valence-corrected chi connectivity index (χ2v) is 4.40. The molecule has 0 saturated carbocycles. The third kappa shape index (κ3) is 4.67. The van der Waals surface area contributed by atoms with Crippen LogP contribution in [0, 0.1) is 0 Å². The molecule has 0 aromatic carbocycles. The van der Waals surface area contributed by atoms with Gasteiger partial charge in [-0.15, -0.1) is 11.3 Å². The van der Waals surface area contributed by atoms with Crippen molar-refractivity contribution in [2.75, 3.05) is 13.7 Å². The van der Waals surface area contributed by atoms with Gasteiger partial charge in [0.05, 0.1) is 20.1 Å². The van der Waals surface area contributed by atoms with E-state index in [2.05, 4.69) is 10.1 Å². The number of halogens is 2. The van der Waals surface area contributed by atoms with E-state index in [1.54, 1.807) is 6.07 Å². The summed E-state index contributed by atoms with van der Waals surface area (Å²) in [7, 11) is 1.33. The van der Waals surface area contributed by atoms with Gasteiger partial charge in [0.15, 0.2) is 0 Å². The zero-order valence-corrected chi connectivity index (χ0v) is 9.65. The molecule has 1 heterocycles. The van der Waals surface area contributed by atoms with Crippen LogP contribution >= 0.6 is 11.3 Å². The highest BCUT2D eigenvalue weighted by Crippen LogP contribution is 2.17. The lowest BCUT2D eigenvalue weighted by Crippen LogP contribution is -2.19. The fourth-order valence-corrected chi connectivity index (χ4v) is 2.10. The highest BCUT2D eigenvalue weighted by molar-refractivity contribution is 7.12. The zero-order chi connectivity index (χ0) is 12.0. The fourth-order valence-electron chi connectivity index (χ4n) is 1.13. The molecule has 0 aliphatic rings. The second kappa shape index (κ2) is 6.55. The number of carbonyl (C=O) groups is 1. The molecule has 0 saturated heterocycles. The predicted octanol–water partition coefficient (Wildman–Crippen LogP) is 1.82. The maximum absolute atomic E-state index is 11.8. The van der Waals surface area contributed by atoms with E-state index in [4.69, 9.17) is 0 Å². The van der Waals surface area contributed by atoms with Crippen LogP contribution in [0.4, 0.5) is 8.78 Å². The van der Waals surface area contributed by atoms with Gasteiger partial charge in [-0.25, -0.2) is 8.78 Å². The number of rotatable bonds is 6. The van der Waals surface area contributed by atoms with Gasteiger partial charge < -0.3 is 10.1 Å². The average molecular weight is 249 g/mol. The number of esters is 1. The number of hydrogen-bond donors (Lipinski definition) is 1. The van der Waals surface area contributed by atoms with Gasteiger partial charge in [-0.05, 0) is 12.1 Å². The van der Waals surface area contributed by atoms with Gasteiger partial charge in [0, 0.05) is 16.3 Å². The highest BCUT2D eigenvalue weighted by atomic mass is 32.1. The smallest absolute Gasteiger partial charge is 0.310 e. The van der Waals surface area contributed by atoms with Crippen LogP contribution in [0.1, 0.15) is 9.75 Å². The lowest BCUT2D eigenvalue weighted by molar-refractivity contribution is -0.139. The standard InChI is InChI=1S/C10H13F2NO2S/c1-15-10(14)4-7-2-3-8(16-7)5-13-6-9(11)12/h2-3,9,13H,4-6H2,1H3. The van der Waals surface area contributed by atoms with Gasteiger partial charge in [-0.2, -0.15) is 0 Å². The van der Waals surface area contributed by atoms with E-state index in [1.165, 1.54) is 18.4 Å². The van der Waals surface area contributed by atoms with Crippen molar-refractivity contribution in [3.8, 4) is 0 Å². The van der Waals surface area contributed by atoms with Crippen LogP contribution in [0.2, 0.25) is 0 Å². The Labute approximate surface area is 96.4 Å². The first-order valence-electron chi connectivity index (χ1n) is 4.75. The number of thiophene rings is 1. The molecule has 3 nitrogen and oxygen atoms in total. The van der Waals surface area contributed by atoms with E-state index in [1.807, 2.05) is 6.07 Å². The maximum Gasteiger partial charge on any atom is 0.310 e. The normalized spacial score (nSPS) is 10.8. The molecule has 0 unspecified atom stereocenters.